The van der Waals surface area contributed by atoms with E-state index in [4.69, 9.17) is 5.73 Å². The van der Waals surface area contributed by atoms with Crippen LogP contribution >= 0.6 is 0 Å². The number of nitrogens with zero attached hydrogens (tertiary/aromatic N) is 1. The van der Waals surface area contributed by atoms with Crippen molar-refractivity contribution in [1.29, 1.82) is 0 Å². The average Bonchev–Trinajstić information content (AvgIpc) is 2.75. The molecule has 0 aliphatic rings. The van der Waals surface area contributed by atoms with Crippen LogP contribution in [-0.4, -0.2) is 22.4 Å². The van der Waals surface area contributed by atoms with Crippen LogP contribution in [0.25, 0.3) is 17.1 Å². The molecule has 5 heteroatoms. The summed E-state index contributed by atoms with van der Waals surface area (Å²) in [7, 11) is 0. The lowest BCUT2D eigenvalue weighted by molar-refractivity contribution is -0.113. The average molecular weight is 272 g/mol. The Kier molecular flexibility index (Phi) is 3.79. The minimum atomic E-state index is -0.464. The SMILES string of the molecule is CC(C)(C)CNc1cnc2[nH]cc(C=CC(N)=O)c2c1. The molecule has 1 amide bonds. The molecule has 0 saturated heterocycles. The first-order valence-electron chi connectivity index (χ1n) is 6.54. The second-order valence-electron chi connectivity index (χ2n) is 6.01. The number of hydrogen-bond acceptors (Lipinski definition) is 3. The number of H-pyrrole nitrogens is 1. The Morgan fingerprint density at radius 2 is 2.25 bits per heavy atom. The first kappa shape index (κ1) is 14.1. The van der Waals surface area contributed by atoms with Crippen LogP contribution in [0.2, 0.25) is 0 Å². The highest BCUT2D eigenvalue weighted by Crippen LogP contribution is 2.22. The number of pyridine rings is 1. The van der Waals surface area contributed by atoms with Crippen LogP contribution in [0.5, 0.6) is 0 Å². The Balaban J connectivity index is 2.27. The molecule has 0 aliphatic carbocycles. The molecule has 106 valence electrons. The first-order valence-corrected chi connectivity index (χ1v) is 6.54. The normalized spacial score (nSPS) is 12.2. The molecule has 0 aromatic carbocycles. The summed E-state index contributed by atoms with van der Waals surface area (Å²) in [5.74, 6) is -0.464. The van der Waals surface area contributed by atoms with Crippen molar-refractivity contribution in [1.82, 2.24) is 9.97 Å². The molecule has 4 N–H and O–H groups in total. The zero-order chi connectivity index (χ0) is 14.8. The van der Waals surface area contributed by atoms with E-state index in [1.165, 1.54) is 6.08 Å². The van der Waals surface area contributed by atoms with Crippen LogP contribution < -0.4 is 11.1 Å². The molecule has 0 radical (unpaired) electrons. The Labute approximate surface area is 118 Å². The summed E-state index contributed by atoms with van der Waals surface area (Å²) < 4.78 is 0. The van der Waals surface area contributed by atoms with Gasteiger partial charge in [0.25, 0.3) is 0 Å². The van der Waals surface area contributed by atoms with Gasteiger partial charge in [-0.1, -0.05) is 20.8 Å². The fourth-order valence-corrected chi connectivity index (χ4v) is 1.80. The fraction of sp³-hybridized carbons (Fsp3) is 0.333. The van der Waals surface area contributed by atoms with E-state index in [2.05, 4.69) is 36.1 Å². The summed E-state index contributed by atoms with van der Waals surface area (Å²) in [6, 6.07) is 2.02. The molecule has 0 spiro atoms. The Morgan fingerprint density at radius 1 is 1.50 bits per heavy atom. The van der Waals surface area contributed by atoms with Gasteiger partial charge in [0.1, 0.15) is 5.65 Å². The van der Waals surface area contributed by atoms with Crippen LogP contribution in [0.1, 0.15) is 26.3 Å². The highest BCUT2D eigenvalue weighted by Gasteiger charge is 2.10. The van der Waals surface area contributed by atoms with Gasteiger partial charge < -0.3 is 16.0 Å². The molecule has 0 bridgehead atoms. The lowest BCUT2D eigenvalue weighted by atomic mass is 9.97. The maximum absolute atomic E-state index is 10.8. The van der Waals surface area contributed by atoms with Gasteiger partial charge in [0.2, 0.25) is 5.91 Å². The molecule has 0 saturated carbocycles. The lowest BCUT2D eigenvalue weighted by Gasteiger charge is -2.19. The molecule has 2 aromatic heterocycles. The number of anilines is 1. The molecule has 2 aromatic rings. The van der Waals surface area contributed by atoms with Crippen LogP contribution in [-0.2, 0) is 4.79 Å². The van der Waals surface area contributed by atoms with E-state index in [9.17, 15) is 4.79 Å². The van der Waals surface area contributed by atoms with Gasteiger partial charge in [0.15, 0.2) is 0 Å². The third-order valence-corrected chi connectivity index (χ3v) is 2.81. The summed E-state index contributed by atoms with van der Waals surface area (Å²) in [5, 5.41) is 4.33. The number of primary amides is 1. The van der Waals surface area contributed by atoms with Crippen molar-refractivity contribution in [2.75, 3.05) is 11.9 Å². The topological polar surface area (TPSA) is 83.8 Å². The number of aromatic amines is 1. The highest BCUT2D eigenvalue weighted by atomic mass is 16.1. The van der Waals surface area contributed by atoms with Gasteiger partial charge in [0, 0.05) is 29.8 Å². The van der Waals surface area contributed by atoms with E-state index in [1.807, 2.05) is 12.3 Å². The standard InChI is InChI=1S/C15H20N4O/c1-15(2,3)9-19-11-6-12-10(4-5-13(16)20)7-17-14(12)18-8-11/h4-8,19H,9H2,1-3H3,(H2,16,20)(H,17,18). The smallest absolute Gasteiger partial charge is 0.241 e. The van der Waals surface area contributed by atoms with Gasteiger partial charge in [-0.05, 0) is 17.6 Å². The molecule has 0 atom stereocenters. The van der Waals surface area contributed by atoms with Crippen LogP contribution in [0.15, 0.2) is 24.5 Å². The van der Waals surface area contributed by atoms with E-state index in [1.54, 1.807) is 12.3 Å². The van der Waals surface area contributed by atoms with Crippen molar-refractivity contribution < 1.29 is 4.79 Å². The minimum absolute atomic E-state index is 0.196. The molecule has 2 heterocycles. The second kappa shape index (κ2) is 5.36. The molecular weight excluding hydrogens is 252 g/mol. The Morgan fingerprint density at radius 3 is 2.90 bits per heavy atom. The number of carbonyl (C=O) groups excluding carboxylic acids is 1. The van der Waals surface area contributed by atoms with Gasteiger partial charge >= 0.3 is 0 Å². The molecule has 20 heavy (non-hydrogen) atoms. The highest BCUT2D eigenvalue weighted by molar-refractivity contribution is 5.95. The van der Waals surface area contributed by atoms with Gasteiger partial charge in [-0.2, -0.15) is 0 Å². The second-order valence-corrected chi connectivity index (χ2v) is 6.01. The summed E-state index contributed by atoms with van der Waals surface area (Å²) in [5.41, 5.74) is 7.95. The van der Waals surface area contributed by atoms with Crippen LogP contribution in [0.3, 0.4) is 0 Å². The minimum Gasteiger partial charge on any atom is -0.383 e. The molecule has 2 rings (SSSR count). The summed E-state index contributed by atoms with van der Waals surface area (Å²) in [6.07, 6.45) is 6.64. The van der Waals surface area contributed by atoms with Crippen molar-refractivity contribution in [3.05, 3.63) is 30.1 Å². The van der Waals surface area contributed by atoms with Crippen molar-refractivity contribution in [3.63, 3.8) is 0 Å². The largest absolute Gasteiger partial charge is 0.383 e. The molecule has 0 unspecified atom stereocenters. The van der Waals surface area contributed by atoms with Crippen molar-refractivity contribution in [2.24, 2.45) is 11.1 Å². The monoisotopic (exact) mass is 272 g/mol. The third kappa shape index (κ3) is 3.60. The van der Waals surface area contributed by atoms with Gasteiger partial charge in [-0.3, -0.25) is 4.79 Å². The Bertz CT molecular complexity index is 649. The zero-order valence-electron chi connectivity index (χ0n) is 12.0. The van der Waals surface area contributed by atoms with Crippen LogP contribution in [0.4, 0.5) is 5.69 Å². The van der Waals surface area contributed by atoms with Crippen molar-refractivity contribution in [2.45, 2.75) is 20.8 Å². The molecule has 0 fully saturated rings. The maximum atomic E-state index is 10.8. The number of aromatic nitrogens is 2. The number of nitrogens with one attached hydrogen (secondary N) is 2. The quantitative estimate of drug-likeness (QED) is 0.748. The predicted molar refractivity (Wildman–Crippen MR) is 82.3 cm³/mol. The summed E-state index contributed by atoms with van der Waals surface area (Å²) in [6.45, 7) is 7.37. The lowest BCUT2D eigenvalue weighted by Crippen LogP contribution is -2.19. The number of hydrogen-bond donors (Lipinski definition) is 3. The van der Waals surface area contributed by atoms with Gasteiger partial charge in [-0.25, -0.2) is 4.98 Å². The number of rotatable bonds is 4. The van der Waals surface area contributed by atoms with E-state index < -0.39 is 5.91 Å². The molecule has 5 nitrogen and oxygen atoms in total. The number of nitrogens with two attached hydrogens (primary N) is 1. The van der Waals surface area contributed by atoms with Crippen LogP contribution in [0, 0.1) is 5.41 Å². The molecule has 0 aliphatic heterocycles. The van der Waals surface area contributed by atoms with Crippen molar-refractivity contribution in [3.8, 4) is 0 Å². The first-order chi connectivity index (χ1) is 9.35. The summed E-state index contributed by atoms with van der Waals surface area (Å²) in [4.78, 5) is 18.2. The molecular formula is C15H20N4O. The Hall–Kier alpha value is -2.30. The number of fused-ring (bicyclic) bond motifs is 1. The zero-order valence-corrected chi connectivity index (χ0v) is 12.0. The van der Waals surface area contributed by atoms with E-state index in [-0.39, 0.29) is 5.41 Å². The van der Waals surface area contributed by atoms with Gasteiger partial charge in [0.05, 0.1) is 11.9 Å². The number of carbonyl (C=O) groups is 1. The van der Waals surface area contributed by atoms with E-state index >= 15 is 0 Å². The van der Waals surface area contributed by atoms with E-state index in [0.717, 1.165) is 28.8 Å². The van der Waals surface area contributed by atoms with Crippen molar-refractivity contribution >= 4 is 28.7 Å². The van der Waals surface area contributed by atoms with Gasteiger partial charge in [-0.15, -0.1) is 0 Å². The maximum Gasteiger partial charge on any atom is 0.241 e. The summed E-state index contributed by atoms with van der Waals surface area (Å²) >= 11 is 0. The predicted octanol–water partition coefficient (Wildman–Crippen LogP) is 2.52. The third-order valence-electron chi connectivity index (χ3n) is 2.81. The number of amides is 1. The van der Waals surface area contributed by atoms with E-state index in [0.29, 0.717) is 0 Å². The fourth-order valence-electron chi connectivity index (χ4n) is 1.80.